The molecule has 1 aliphatic carbocycles. The lowest BCUT2D eigenvalue weighted by atomic mass is 9.90. The lowest BCUT2D eigenvalue weighted by Crippen LogP contribution is -2.37. The van der Waals surface area contributed by atoms with Gasteiger partial charge in [-0.05, 0) is 88.0 Å². The fourth-order valence-corrected chi connectivity index (χ4v) is 6.83. The first-order valence-electron chi connectivity index (χ1n) is 16.4. The zero-order valence-corrected chi connectivity index (χ0v) is 25.6. The number of hydrogen-bond donors (Lipinski definition) is 2. The number of piperidine rings is 1. The molecule has 3 heterocycles. The number of allylic oxidation sites excluding steroid dienone is 1. The minimum absolute atomic E-state index is 0.0366. The van der Waals surface area contributed by atoms with Gasteiger partial charge in [-0.2, -0.15) is 0 Å². The van der Waals surface area contributed by atoms with Gasteiger partial charge < -0.3 is 15.2 Å². The van der Waals surface area contributed by atoms with Crippen molar-refractivity contribution in [2.45, 2.75) is 103 Å². The number of hydrogen-bond acceptors (Lipinski definition) is 5. The topological polar surface area (TPSA) is 95.2 Å². The van der Waals surface area contributed by atoms with Crippen LogP contribution in [-0.4, -0.2) is 52.0 Å². The van der Waals surface area contributed by atoms with Gasteiger partial charge in [-0.15, -0.1) is 0 Å². The van der Waals surface area contributed by atoms with Crippen LogP contribution >= 0.6 is 0 Å². The minimum atomic E-state index is -0.316. The molecule has 226 valence electrons. The number of H-pyrrole nitrogens is 1. The molecule has 2 N–H and O–H groups in total. The minimum Gasteiger partial charge on any atom is -0.347 e. The number of Topliss-reactive ketones (excluding diaryl/α,β-unsaturated/α-hetero) is 2. The van der Waals surface area contributed by atoms with Crippen molar-refractivity contribution >= 4 is 23.5 Å². The highest BCUT2D eigenvalue weighted by molar-refractivity contribution is 5.96. The van der Waals surface area contributed by atoms with E-state index >= 15 is 0 Å². The van der Waals surface area contributed by atoms with Gasteiger partial charge in [0.15, 0.2) is 5.78 Å². The molecule has 2 aromatic rings. The van der Waals surface area contributed by atoms with Gasteiger partial charge in [0.05, 0.1) is 11.7 Å². The van der Waals surface area contributed by atoms with Crippen LogP contribution in [0.1, 0.15) is 125 Å². The second-order valence-corrected chi connectivity index (χ2v) is 12.7. The van der Waals surface area contributed by atoms with Gasteiger partial charge in [-0.25, -0.2) is 4.98 Å². The third kappa shape index (κ3) is 7.28. The number of aromatic nitrogens is 2. The molecule has 1 aromatic carbocycles. The van der Waals surface area contributed by atoms with Crippen LogP contribution in [0.5, 0.6) is 0 Å². The number of amides is 1. The molecule has 1 saturated heterocycles. The summed E-state index contributed by atoms with van der Waals surface area (Å²) in [7, 11) is 0. The zero-order valence-electron chi connectivity index (χ0n) is 25.6. The van der Waals surface area contributed by atoms with E-state index in [1.165, 1.54) is 0 Å². The Kier molecular flexibility index (Phi) is 10.1. The van der Waals surface area contributed by atoms with Crippen molar-refractivity contribution in [2.75, 3.05) is 19.6 Å². The van der Waals surface area contributed by atoms with E-state index in [1.54, 1.807) is 0 Å². The summed E-state index contributed by atoms with van der Waals surface area (Å²) in [6.45, 7) is 7.31. The van der Waals surface area contributed by atoms with Crippen LogP contribution in [0.25, 0.3) is 17.5 Å². The van der Waals surface area contributed by atoms with Gasteiger partial charge in [0.1, 0.15) is 17.3 Å². The Labute approximate surface area is 250 Å². The molecule has 0 unspecified atom stereocenters. The van der Waals surface area contributed by atoms with Gasteiger partial charge in [0.25, 0.3) is 0 Å². The number of nitrogens with one attached hydrogen (secondary N) is 2. The quantitative estimate of drug-likeness (QED) is 0.281. The van der Waals surface area contributed by atoms with Gasteiger partial charge in [-0.1, -0.05) is 57.0 Å². The molecule has 1 aromatic heterocycles. The molecule has 5 rings (SSSR count). The Hall–Kier alpha value is -3.06. The standard InChI is InChI=1S/C35H48N4O3/c1-3-27(40)16-9-7-10-17-29(36-34(42)28-24-35(28)19-21-39(4-2)22-20-35)31-32-30(41)18-11-6-5-8-13-25-14-12-15-26(23-25)33(37-31)38-32/h8,12-15,23,28-29H,3-7,9-11,16-22,24H2,1-2H3,(H,36,42)(H,37,38)/b13-8-/t28-,29+/m1/s1. The Bertz CT molecular complexity index is 1290. The Morgan fingerprint density at radius 1 is 1.14 bits per heavy atom. The third-order valence-corrected chi connectivity index (χ3v) is 9.80. The molecule has 4 bridgehead atoms. The molecule has 1 amide bonds. The molecular weight excluding hydrogens is 524 g/mol. The molecule has 42 heavy (non-hydrogen) atoms. The van der Waals surface area contributed by atoms with E-state index in [4.69, 9.17) is 4.98 Å². The largest absolute Gasteiger partial charge is 0.347 e. The molecule has 7 nitrogen and oxygen atoms in total. The van der Waals surface area contributed by atoms with Crippen molar-refractivity contribution < 1.29 is 14.4 Å². The SMILES string of the molecule is CCC(=O)CCCCC[C@H](NC(=O)[C@H]1CC12CCN(CC)CC2)c1[nH]c2nc1C(=O)CCCC/C=C\c1cccc-2c1. The summed E-state index contributed by atoms with van der Waals surface area (Å²) in [5, 5.41) is 3.40. The van der Waals surface area contributed by atoms with E-state index in [0.717, 1.165) is 94.2 Å². The van der Waals surface area contributed by atoms with E-state index in [1.807, 2.05) is 19.1 Å². The Morgan fingerprint density at radius 3 is 2.76 bits per heavy atom. The molecule has 1 spiro atoms. The normalized spacial score (nSPS) is 21.6. The number of aromatic amines is 1. The second-order valence-electron chi connectivity index (χ2n) is 12.7. The summed E-state index contributed by atoms with van der Waals surface area (Å²) in [5.41, 5.74) is 3.39. The van der Waals surface area contributed by atoms with Gasteiger partial charge in [0, 0.05) is 30.7 Å². The van der Waals surface area contributed by atoms with Crippen molar-refractivity contribution in [3.63, 3.8) is 0 Å². The van der Waals surface area contributed by atoms with E-state index in [9.17, 15) is 14.4 Å². The third-order valence-electron chi connectivity index (χ3n) is 9.80. The number of ketones is 2. The van der Waals surface area contributed by atoms with Gasteiger partial charge in [0.2, 0.25) is 5.91 Å². The highest BCUT2D eigenvalue weighted by Gasteiger charge is 2.58. The number of carbonyl (C=O) groups is 3. The molecule has 2 atom stereocenters. The first kappa shape index (κ1) is 30.4. The first-order chi connectivity index (χ1) is 20.4. The summed E-state index contributed by atoms with van der Waals surface area (Å²) in [6.07, 6.45) is 15.1. The van der Waals surface area contributed by atoms with Crippen molar-refractivity contribution in [3.05, 3.63) is 47.3 Å². The predicted octanol–water partition coefficient (Wildman–Crippen LogP) is 7.06. The number of nitrogens with zero attached hydrogens (tertiary/aromatic N) is 2. The number of carbonyl (C=O) groups excluding carboxylic acids is 3. The van der Waals surface area contributed by atoms with E-state index in [-0.39, 0.29) is 29.1 Å². The van der Waals surface area contributed by atoms with Crippen LogP contribution < -0.4 is 5.32 Å². The number of benzene rings is 1. The number of likely N-dealkylation sites (tertiary alicyclic amines) is 1. The lowest BCUT2D eigenvalue weighted by molar-refractivity contribution is -0.124. The summed E-state index contributed by atoms with van der Waals surface area (Å²) in [6, 6.07) is 7.90. The summed E-state index contributed by atoms with van der Waals surface area (Å²) in [4.78, 5) is 50.0. The predicted molar refractivity (Wildman–Crippen MR) is 167 cm³/mol. The number of imidazole rings is 1. The number of rotatable bonds is 11. The monoisotopic (exact) mass is 572 g/mol. The van der Waals surface area contributed by atoms with E-state index in [0.29, 0.717) is 43.0 Å². The smallest absolute Gasteiger partial charge is 0.224 e. The molecule has 0 radical (unpaired) electrons. The van der Waals surface area contributed by atoms with E-state index < -0.39 is 0 Å². The fraction of sp³-hybridized carbons (Fsp3) is 0.600. The fourth-order valence-electron chi connectivity index (χ4n) is 6.83. The molecule has 2 aliphatic heterocycles. The maximum atomic E-state index is 13.8. The van der Waals surface area contributed by atoms with E-state index in [2.05, 4.69) is 46.4 Å². The lowest BCUT2D eigenvalue weighted by Gasteiger charge is -2.32. The van der Waals surface area contributed by atoms with Crippen LogP contribution in [-0.2, 0) is 9.59 Å². The highest BCUT2D eigenvalue weighted by Crippen LogP contribution is 2.59. The average Bonchev–Trinajstić information content (AvgIpc) is 3.51. The zero-order chi connectivity index (χ0) is 29.5. The van der Waals surface area contributed by atoms with Crippen LogP contribution in [0, 0.1) is 11.3 Å². The second kappa shape index (κ2) is 13.9. The molecule has 3 aliphatic rings. The van der Waals surface area contributed by atoms with Crippen molar-refractivity contribution in [2.24, 2.45) is 11.3 Å². The van der Waals surface area contributed by atoms with Crippen LogP contribution in [0.3, 0.4) is 0 Å². The molecule has 2 fully saturated rings. The average molecular weight is 573 g/mol. The maximum absolute atomic E-state index is 13.8. The van der Waals surface area contributed by atoms with Crippen molar-refractivity contribution in [3.8, 4) is 11.4 Å². The van der Waals surface area contributed by atoms with Crippen molar-refractivity contribution in [1.29, 1.82) is 0 Å². The van der Waals surface area contributed by atoms with Crippen LogP contribution in [0.4, 0.5) is 0 Å². The Balaban J connectivity index is 1.39. The van der Waals surface area contributed by atoms with Gasteiger partial charge >= 0.3 is 0 Å². The van der Waals surface area contributed by atoms with Crippen LogP contribution in [0.15, 0.2) is 30.3 Å². The Morgan fingerprint density at radius 2 is 1.98 bits per heavy atom. The van der Waals surface area contributed by atoms with Crippen molar-refractivity contribution in [1.82, 2.24) is 20.2 Å². The molecular formula is C35H48N4O3. The number of unbranched alkanes of at least 4 members (excludes halogenated alkanes) is 2. The van der Waals surface area contributed by atoms with Crippen LogP contribution in [0.2, 0.25) is 0 Å². The summed E-state index contributed by atoms with van der Waals surface area (Å²) in [5.74, 6) is 1.16. The molecule has 7 heteroatoms. The number of fused-ring (bicyclic) bond motifs is 5. The highest BCUT2D eigenvalue weighted by atomic mass is 16.2. The van der Waals surface area contributed by atoms with Gasteiger partial charge in [-0.3, -0.25) is 14.4 Å². The molecule has 1 saturated carbocycles. The summed E-state index contributed by atoms with van der Waals surface area (Å²) >= 11 is 0. The first-order valence-corrected chi connectivity index (χ1v) is 16.4. The maximum Gasteiger partial charge on any atom is 0.224 e. The summed E-state index contributed by atoms with van der Waals surface area (Å²) < 4.78 is 0.